The predicted molar refractivity (Wildman–Crippen MR) is 106 cm³/mol. The Bertz CT molecular complexity index is 1060. The van der Waals surface area contributed by atoms with Gasteiger partial charge < -0.3 is 15.1 Å². The molecule has 6 nitrogen and oxygen atoms in total. The first-order chi connectivity index (χ1) is 13.2. The first-order valence-electron chi connectivity index (χ1n) is 8.55. The smallest absolute Gasteiger partial charge is 0.261 e. The van der Waals surface area contributed by atoms with Crippen LogP contribution in [0, 0.1) is 6.92 Å². The van der Waals surface area contributed by atoms with Crippen LogP contribution >= 0.6 is 11.3 Å². The second kappa shape index (κ2) is 7.59. The molecule has 0 unspecified atom stereocenters. The van der Waals surface area contributed by atoms with Crippen molar-refractivity contribution in [2.24, 2.45) is 0 Å². The molecule has 0 radical (unpaired) electrons. The van der Waals surface area contributed by atoms with Gasteiger partial charge in [-0.25, -0.2) is 9.97 Å². The van der Waals surface area contributed by atoms with E-state index < -0.39 is 0 Å². The third-order valence-corrected chi connectivity index (χ3v) is 5.44. The van der Waals surface area contributed by atoms with Crippen molar-refractivity contribution >= 4 is 33.3 Å². The molecule has 1 amide bonds. The highest BCUT2D eigenvalue weighted by Crippen LogP contribution is 2.33. The van der Waals surface area contributed by atoms with Gasteiger partial charge in [-0.3, -0.25) is 4.79 Å². The number of rotatable bonds is 6. The molecule has 0 spiro atoms. The lowest BCUT2D eigenvalue weighted by molar-refractivity contribution is 0.0954. The van der Waals surface area contributed by atoms with Gasteiger partial charge in [0.15, 0.2) is 0 Å². The Hall–Kier alpha value is -3.19. The van der Waals surface area contributed by atoms with Crippen LogP contribution in [0.25, 0.3) is 10.2 Å². The van der Waals surface area contributed by atoms with Gasteiger partial charge in [-0.15, -0.1) is 11.3 Å². The van der Waals surface area contributed by atoms with E-state index in [1.807, 2.05) is 49.4 Å². The number of fused-ring (bicyclic) bond motifs is 1. The van der Waals surface area contributed by atoms with E-state index in [0.29, 0.717) is 23.8 Å². The normalized spacial score (nSPS) is 10.9. The van der Waals surface area contributed by atoms with Crippen LogP contribution < -0.4 is 10.6 Å². The van der Waals surface area contributed by atoms with E-state index in [1.165, 1.54) is 17.7 Å². The third-order valence-electron chi connectivity index (χ3n) is 4.24. The van der Waals surface area contributed by atoms with Gasteiger partial charge in [-0.2, -0.15) is 0 Å². The highest BCUT2D eigenvalue weighted by atomic mass is 32.1. The zero-order valence-corrected chi connectivity index (χ0v) is 15.5. The number of benzene rings is 1. The van der Waals surface area contributed by atoms with Crippen LogP contribution in [0.5, 0.6) is 0 Å². The molecule has 4 aromatic rings. The Morgan fingerprint density at radius 2 is 1.96 bits per heavy atom. The van der Waals surface area contributed by atoms with Gasteiger partial charge >= 0.3 is 0 Å². The summed E-state index contributed by atoms with van der Waals surface area (Å²) in [5.41, 5.74) is 1.94. The summed E-state index contributed by atoms with van der Waals surface area (Å²) in [4.78, 5) is 22.8. The zero-order chi connectivity index (χ0) is 18.6. The van der Waals surface area contributed by atoms with E-state index in [2.05, 4.69) is 20.6 Å². The number of carbonyl (C=O) groups excluding carboxylic acids is 1. The number of aryl methyl sites for hydroxylation is 1. The van der Waals surface area contributed by atoms with Crippen LogP contribution in [-0.2, 0) is 13.1 Å². The summed E-state index contributed by atoms with van der Waals surface area (Å²) >= 11 is 1.38. The molecular formula is C20H18N4O2S. The summed E-state index contributed by atoms with van der Waals surface area (Å²) in [6, 6.07) is 13.6. The molecule has 3 aromatic heterocycles. The van der Waals surface area contributed by atoms with Gasteiger partial charge in [0.05, 0.1) is 23.1 Å². The molecule has 0 saturated heterocycles. The predicted octanol–water partition coefficient (Wildman–Crippen LogP) is 4.13. The maximum Gasteiger partial charge on any atom is 0.261 e. The van der Waals surface area contributed by atoms with Gasteiger partial charge in [-0.05, 0) is 30.2 Å². The van der Waals surface area contributed by atoms with Crippen molar-refractivity contribution in [3.05, 3.63) is 76.8 Å². The lowest BCUT2D eigenvalue weighted by Gasteiger charge is -2.06. The number of thiophene rings is 1. The van der Waals surface area contributed by atoms with Crippen molar-refractivity contribution in [2.45, 2.75) is 20.0 Å². The number of hydrogen-bond donors (Lipinski definition) is 2. The first kappa shape index (κ1) is 17.2. The molecule has 1 aromatic carbocycles. The van der Waals surface area contributed by atoms with Crippen LogP contribution in [0.15, 0.2) is 59.5 Å². The molecule has 3 heterocycles. The molecule has 2 N–H and O–H groups in total. The van der Waals surface area contributed by atoms with Crippen LogP contribution in [0.3, 0.4) is 0 Å². The number of aromatic nitrogens is 2. The minimum absolute atomic E-state index is 0.101. The van der Waals surface area contributed by atoms with Gasteiger partial charge in [-0.1, -0.05) is 30.3 Å². The number of amides is 1. The van der Waals surface area contributed by atoms with Gasteiger partial charge in [0.2, 0.25) is 0 Å². The Morgan fingerprint density at radius 3 is 2.74 bits per heavy atom. The second-order valence-electron chi connectivity index (χ2n) is 6.06. The van der Waals surface area contributed by atoms with E-state index in [1.54, 1.807) is 6.26 Å². The van der Waals surface area contributed by atoms with Crippen LogP contribution in [-0.4, -0.2) is 15.9 Å². The number of nitrogens with one attached hydrogen (secondary N) is 2. The highest BCUT2D eigenvalue weighted by molar-refractivity contribution is 7.20. The number of anilines is 1. The average Bonchev–Trinajstić information content (AvgIpc) is 3.34. The van der Waals surface area contributed by atoms with Gasteiger partial charge in [0, 0.05) is 6.54 Å². The van der Waals surface area contributed by atoms with Crippen molar-refractivity contribution in [2.75, 3.05) is 5.32 Å². The lowest BCUT2D eigenvalue weighted by atomic mass is 10.2. The summed E-state index contributed by atoms with van der Waals surface area (Å²) in [5, 5.41) is 7.12. The Kier molecular flexibility index (Phi) is 4.84. The molecule has 0 bridgehead atoms. The molecule has 27 heavy (non-hydrogen) atoms. The zero-order valence-electron chi connectivity index (χ0n) is 14.7. The van der Waals surface area contributed by atoms with E-state index in [-0.39, 0.29) is 5.91 Å². The minimum Gasteiger partial charge on any atom is -0.467 e. The Labute approximate surface area is 160 Å². The van der Waals surface area contributed by atoms with Crippen molar-refractivity contribution in [1.82, 2.24) is 15.3 Å². The average molecular weight is 378 g/mol. The maximum atomic E-state index is 12.7. The Morgan fingerprint density at radius 1 is 1.11 bits per heavy atom. The summed E-state index contributed by atoms with van der Waals surface area (Å²) in [7, 11) is 0. The fourth-order valence-electron chi connectivity index (χ4n) is 2.86. The van der Waals surface area contributed by atoms with Crippen molar-refractivity contribution in [3.8, 4) is 0 Å². The third kappa shape index (κ3) is 3.68. The van der Waals surface area contributed by atoms with E-state index in [9.17, 15) is 4.79 Å². The monoisotopic (exact) mass is 378 g/mol. The first-order valence-corrected chi connectivity index (χ1v) is 9.36. The minimum atomic E-state index is -0.101. The van der Waals surface area contributed by atoms with Crippen LogP contribution in [0.1, 0.15) is 26.6 Å². The topological polar surface area (TPSA) is 80.0 Å². The van der Waals surface area contributed by atoms with E-state index in [4.69, 9.17) is 4.42 Å². The lowest BCUT2D eigenvalue weighted by Crippen LogP contribution is -2.22. The molecular weight excluding hydrogens is 360 g/mol. The molecule has 0 atom stereocenters. The van der Waals surface area contributed by atoms with Crippen molar-refractivity contribution < 1.29 is 9.21 Å². The number of carbonyl (C=O) groups is 1. The number of furan rings is 1. The molecule has 4 rings (SSSR count). The SMILES string of the molecule is Cc1c(C(=O)NCc2ccccc2)sc2ncnc(NCc3ccco3)c12. The summed E-state index contributed by atoms with van der Waals surface area (Å²) in [6.45, 7) is 2.93. The van der Waals surface area contributed by atoms with Crippen molar-refractivity contribution in [3.63, 3.8) is 0 Å². The van der Waals surface area contributed by atoms with E-state index >= 15 is 0 Å². The largest absolute Gasteiger partial charge is 0.467 e. The molecule has 0 aliphatic carbocycles. The second-order valence-corrected chi connectivity index (χ2v) is 7.06. The van der Waals surface area contributed by atoms with Gasteiger partial charge in [0.1, 0.15) is 22.7 Å². The summed E-state index contributed by atoms with van der Waals surface area (Å²) in [6.07, 6.45) is 3.14. The standard InChI is InChI=1S/C20H18N4O2S/c1-13-16-18(21-11-15-8-5-9-26-15)23-12-24-20(16)27-17(13)19(25)22-10-14-6-3-2-4-7-14/h2-9,12H,10-11H2,1H3,(H,22,25)(H,21,23,24). The maximum absolute atomic E-state index is 12.7. The quantitative estimate of drug-likeness (QED) is 0.527. The number of nitrogens with zero attached hydrogens (tertiary/aromatic N) is 2. The summed E-state index contributed by atoms with van der Waals surface area (Å²) in [5.74, 6) is 1.42. The van der Waals surface area contributed by atoms with Crippen LogP contribution in [0.2, 0.25) is 0 Å². The molecule has 0 fully saturated rings. The highest BCUT2D eigenvalue weighted by Gasteiger charge is 2.19. The molecule has 7 heteroatoms. The fourth-order valence-corrected chi connectivity index (χ4v) is 3.93. The summed E-state index contributed by atoms with van der Waals surface area (Å²) < 4.78 is 5.35. The molecule has 0 saturated carbocycles. The van der Waals surface area contributed by atoms with Crippen LogP contribution in [0.4, 0.5) is 5.82 Å². The molecule has 0 aliphatic rings. The fraction of sp³-hybridized carbons (Fsp3) is 0.150. The van der Waals surface area contributed by atoms with Gasteiger partial charge in [0.25, 0.3) is 5.91 Å². The molecule has 136 valence electrons. The van der Waals surface area contributed by atoms with Crippen molar-refractivity contribution in [1.29, 1.82) is 0 Å². The van der Waals surface area contributed by atoms with E-state index in [0.717, 1.165) is 27.1 Å². The molecule has 0 aliphatic heterocycles. The number of hydrogen-bond acceptors (Lipinski definition) is 6. The Balaban J connectivity index is 1.56.